The molecule has 0 aliphatic carbocycles. The summed E-state index contributed by atoms with van der Waals surface area (Å²) in [4.78, 5) is 12.2. The summed E-state index contributed by atoms with van der Waals surface area (Å²) in [6.45, 7) is 0. The van der Waals surface area contributed by atoms with Gasteiger partial charge >= 0.3 is 6.18 Å². The summed E-state index contributed by atoms with van der Waals surface area (Å²) in [6.07, 6.45) is -4.27. The number of carbonyl (C=O) groups excluding carboxylic acids is 1. The molecule has 5 nitrogen and oxygen atoms in total. The van der Waals surface area contributed by atoms with E-state index < -0.39 is 21.8 Å². The zero-order valence-corrected chi connectivity index (χ0v) is 14.8. The van der Waals surface area contributed by atoms with Gasteiger partial charge in [-0.2, -0.15) is 13.2 Å². The number of halogens is 3. The molecule has 0 spiro atoms. The molecule has 3 rings (SSSR count). The van der Waals surface area contributed by atoms with Crippen molar-refractivity contribution in [1.82, 2.24) is 0 Å². The van der Waals surface area contributed by atoms with Crippen LogP contribution in [0, 0.1) is 0 Å². The molecule has 0 radical (unpaired) electrons. The van der Waals surface area contributed by atoms with Gasteiger partial charge in [0.25, 0.3) is 10.0 Å². The second kappa shape index (κ2) is 6.84. The van der Waals surface area contributed by atoms with Gasteiger partial charge in [-0.25, -0.2) is 8.42 Å². The van der Waals surface area contributed by atoms with Crippen LogP contribution in [0.3, 0.4) is 0 Å². The summed E-state index contributed by atoms with van der Waals surface area (Å²) >= 11 is 1.42. The van der Waals surface area contributed by atoms with E-state index in [1.54, 1.807) is 6.07 Å². The van der Waals surface area contributed by atoms with Gasteiger partial charge in [0.05, 0.1) is 16.1 Å². The van der Waals surface area contributed by atoms with Gasteiger partial charge in [-0.15, -0.1) is 11.8 Å². The van der Waals surface area contributed by atoms with Crippen LogP contribution in [-0.4, -0.2) is 20.1 Å². The van der Waals surface area contributed by atoms with Gasteiger partial charge < -0.3 is 5.32 Å². The molecule has 2 aromatic rings. The lowest BCUT2D eigenvalue weighted by molar-refractivity contribution is -0.137. The molecule has 26 heavy (non-hydrogen) atoms. The number of anilines is 2. The maximum atomic E-state index is 12.8. The van der Waals surface area contributed by atoms with Crippen molar-refractivity contribution < 1.29 is 26.4 Å². The van der Waals surface area contributed by atoms with Crippen molar-refractivity contribution in [3.05, 3.63) is 48.0 Å². The maximum Gasteiger partial charge on any atom is 0.416 e. The minimum absolute atomic E-state index is 0.156. The van der Waals surface area contributed by atoms with E-state index in [1.807, 2.05) is 0 Å². The van der Waals surface area contributed by atoms with Crippen LogP contribution >= 0.6 is 11.8 Å². The van der Waals surface area contributed by atoms with Crippen molar-refractivity contribution in [3.8, 4) is 0 Å². The van der Waals surface area contributed by atoms with Gasteiger partial charge in [0, 0.05) is 22.8 Å². The highest BCUT2D eigenvalue weighted by Crippen LogP contribution is 2.34. The number of hydrogen-bond donors (Lipinski definition) is 2. The van der Waals surface area contributed by atoms with Crippen molar-refractivity contribution in [2.24, 2.45) is 0 Å². The van der Waals surface area contributed by atoms with Crippen LogP contribution in [0.2, 0.25) is 0 Å². The Morgan fingerprint density at radius 2 is 1.88 bits per heavy atom. The van der Waals surface area contributed by atoms with E-state index in [2.05, 4.69) is 10.0 Å². The third kappa shape index (κ3) is 4.13. The van der Waals surface area contributed by atoms with Gasteiger partial charge in [0.15, 0.2) is 0 Å². The molecule has 0 fully saturated rings. The molecule has 1 aliphatic rings. The zero-order chi connectivity index (χ0) is 18.9. The molecule has 2 aromatic carbocycles. The van der Waals surface area contributed by atoms with E-state index >= 15 is 0 Å². The van der Waals surface area contributed by atoms with Crippen molar-refractivity contribution in [1.29, 1.82) is 0 Å². The Bertz CT molecular complexity index is 959. The topological polar surface area (TPSA) is 75.3 Å². The number of rotatable bonds is 3. The number of carbonyl (C=O) groups is 1. The summed E-state index contributed by atoms with van der Waals surface area (Å²) in [5, 5.41) is 2.63. The lowest BCUT2D eigenvalue weighted by Gasteiger charge is -2.13. The molecule has 0 saturated carbocycles. The Labute approximate surface area is 152 Å². The quantitative estimate of drug-likeness (QED) is 0.816. The van der Waals surface area contributed by atoms with E-state index in [9.17, 15) is 26.4 Å². The van der Waals surface area contributed by atoms with Crippen molar-refractivity contribution in [2.45, 2.75) is 22.4 Å². The largest absolute Gasteiger partial charge is 0.416 e. The molecule has 0 atom stereocenters. The molecule has 2 N–H and O–H groups in total. The van der Waals surface area contributed by atoms with Crippen LogP contribution in [0.1, 0.15) is 12.0 Å². The van der Waals surface area contributed by atoms with Crippen LogP contribution < -0.4 is 10.0 Å². The van der Waals surface area contributed by atoms with Crippen molar-refractivity contribution in [2.75, 3.05) is 15.8 Å². The third-order valence-corrected chi connectivity index (χ3v) is 6.02. The van der Waals surface area contributed by atoms with E-state index in [0.717, 1.165) is 23.1 Å². The van der Waals surface area contributed by atoms with Crippen LogP contribution in [0.25, 0.3) is 0 Å². The Morgan fingerprint density at radius 1 is 1.12 bits per heavy atom. The number of benzene rings is 2. The first-order valence-electron chi connectivity index (χ1n) is 7.42. The molecule has 1 aliphatic heterocycles. The second-order valence-electron chi connectivity index (χ2n) is 5.49. The molecule has 10 heteroatoms. The highest BCUT2D eigenvalue weighted by molar-refractivity contribution is 7.99. The van der Waals surface area contributed by atoms with Crippen LogP contribution in [0.15, 0.2) is 52.3 Å². The minimum Gasteiger partial charge on any atom is -0.325 e. The molecule has 138 valence electrons. The van der Waals surface area contributed by atoms with Crippen LogP contribution in [0.4, 0.5) is 24.5 Å². The summed E-state index contributed by atoms with van der Waals surface area (Å²) < 4.78 is 65.4. The number of fused-ring (bicyclic) bond motifs is 1. The number of sulfonamides is 1. The Morgan fingerprint density at radius 3 is 2.62 bits per heavy atom. The monoisotopic (exact) mass is 402 g/mol. The number of thioether (sulfide) groups is 1. The number of alkyl halides is 3. The highest BCUT2D eigenvalue weighted by Gasteiger charge is 2.30. The number of amides is 1. The molecule has 0 bridgehead atoms. The molecule has 0 saturated heterocycles. The third-order valence-electron chi connectivity index (χ3n) is 3.56. The predicted molar refractivity (Wildman–Crippen MR) is 92.7 cm³/mol. The first-order chi connectivity index (χ1) is 12.1. The van der Waals surface area contributed by atoms with Crippen molar-refractivity contribution >= 4 is 39.1 Å². The average Bonchev–Trinajstić information content (AvgIpc) is 2.73. The fraction of sp³-hybridized carbons (Fsp3) is 0.188. The summed E-state index contributed by atoms with van der Waals surface area (Å²) in [6, 6.07) is 8.13. The summed E-state index contributed by atoms with van der Waals surface area (Å²) in [5.74, 6) is 0.351. The second-order valence-corrected chi connectivity index (χ2v) is 8.31. The highest BCUT2D eigenvalue weighted by atomic mass is 32.2. The number of hydrogen-bond acceptors (Lipinski definition) is 4. The van der Waals surface area contributed by atoms with Gasteiger partial charge in [-0.3, -0.25) is 9.52 Å². The predicted octanol–water partition coefficient (Wildman–Crippen LogP) is 3.94. The standard InChI is InChI=1S/C16H13F3N2O3S2/c17-16(18,19)10-2-1-3-11(8-10)21-26(23,24)12-4-5-14-13(9-12)20-15(22)6-7-25-14/h1-5,8-9,21H,6-7H2,(H,20,22). The van der Waals surface area contributed by atoms with E-state index in [1.165, 1.54) is 30.0 Å². The molecule has 0 unspecified atom stereocenters. The number of nitrogens with one attached hydrogen (secondary N) is 2. The van der Waals surface area contributed by atoms with Gasteiger partial charge in [0.1, 0.15) is 0 Å². The lowest BCUT2D eigenvalue weighted by Crippen LogP contribution is -2.15. The first kappa shape index (κ1) is 18.6. The molecular formula is C16H13F3N2O3S2. The Balaban J connectivity index is 1.91. The van der Waals surface area contributed by atoms with Gasteiger partial charge in [0.2, 0.25) is 5.91 Å². The SMILES string of the molecule is O=C1CCSc2ccc(S(=O)(=O)Nc3cccc(C(F)(F)F)c3)cc2N1. The van der Waals surface area contributed by atoms with E-state index in [4.69, 9.17) is 0 Å². The molecular weight excluding hydrogens is 389 g/mol. The minimum atomic E-state index is -4.58. The van der Waals surface area contributed by atoms with Crippen LogP contribution in [0.5, 0.6) is 0 Å². The van der Waals surface area contributed by atoms with E-state index in [-0.39, 0.29) is 16.5 Å². The lowest BCUT2D eigenvalue weighted by atomic mass is 10.2. The normalized spacial score (nSPS) is 15.0. The first-order valence-corrected chi connectivity index (χ1v) is 9.89. The van der Waals surface area contributed by atoms with Crippen LogP contribution in [-0.2, 0) is 21.0 Å². The smallest absolute Gasteiger partial charge is 0.325 e. The Kier molecular flexibility index (Phi) is 4.89. The maximum absolute atomic E-state index is 12.8. The van der Waals surface area contributed by atoms with Gasteiger partial charge in [-0.05, 0) is 36.4 Å². The zero-order valence-electron chi connectivity index (χ0n) is 13.1. The van der Waals surface area contributed by atoms with E-state index in [0.29, 0.717) is 17.9 Å². The fourth-order valence-corrected chi connectivity index (χ4v) is 4.35. The van der Waals surface area contributed by atoms with Crippen molar-refractivity contribution in [3.63, 3.8) is 0 Å². The molecule has 1 amide bonds. The molecule has 0 aromatic heterocycles. The van der Waals surface area contributed by atoms with Gasteiger partial charge in [-0.1, -0.05) is 6.07 Å². The average molecular weight is 402 g/mol. The summed E-state index contributed by atoms with van der Waals surface area (Å²) in [7, 11) is -4.12. The summed E-state index contributed by atoms with van der Waals surface area (Å²) in [5.41, 5.74) is -0.791. The molecule has 1 heterocycles. The fourth-order valence-electron chi connectivity index (χ4n) is 2.34. The Hall–Kier alpha value is -2.20.